The van der Waals surface area contributed by atoms with Gasteiger partial charge in [0.1, 0.15) is 0 Å². The first-order chi connectivity index (χ1) is 12.9. The van der Waals surface area contributed by atoms with E-state index < -0.39 is 0 Å². The summed E-state index contributed by atoms with van der Waals surface area (Å²) in [5, 5.41) is 3.02. The van der Waals surface area contributed by atoms with E-state index in [1.165, 1.54) is 11.1 Å². The Labute approximate surface area is 163 Å². The molecule has 0 aliphatic rings. The number of nitrogens with zero attached hydrogens (tertiary/aromatic N) is 3. The van der Waals surface area contributed by atoms with Crippen molar-refractivity contribution in [1.29, 1.82) is 0 Å². The molecule has 146 valence electrons. The SMILES string of the molecule is CCN(CC)Cc1cccc(NC(=O)N(C)[C@@H](C)Cc2cc(C)ccn2)c1. The number of likely N-dealkylation sites (N-methyl/N-ethyl adjacent to an activating group) is 1. The molecule has 2 amide bonds. The van der Waals surface area contributed by atoms with Crippen LogP contribution in [0.2, 0.25) is 0 Å². The molecule has 0 unspecified atom stereocenters. The second-order valence-corrected chi connectivity index (χ2v) is 7.08. The average Bonchev–Trinajstić information content (AvgIpc) is 2.65. The van der Waals surface area contributed by atoms with E-state index in [0.29, 0.717) is 0 Å². The normalized spacial score (nSPS) is 12.1. The highest BCUT2D eigenvalue weighted by atomic mass is 16.2. The molecule has 1 atom stereocenters. The highest BCUT2D eigenvalue weighted by molar-refractivity contribution is 5.89. The first kappa shape index (κ1) is 20.9. The van der Waals surface area contributed by atoms with E-state index in [1.54, 1.807) is 4.90 Å². The summed E-state index contributed by atoms with van der Waals surface area (Å²) in [6, 6.07) is 12.1. The Kier molecular flexibility index (Phi) is 7.80. The standard InChI is InChI=1S/C22H32N4O/c1-6-26(7-2)16-19-9-8-10-20(15-19)24-22(27)25(5)18(4)14-21-13-17(3)11-12-23-21/h8-13,15,18H,6-7,14,16H2,1-5H3,(H,24,27)/t18-/m0/s1. The van der Waals surface area contributed by atoms with Crippen molar-refractivity contribution in [3.8, 4) is 0 Å². The van der Waals surface area contributed by atoms with Gasteiger partial charge in [-0.1, -0.05) is 26.0 Å². The molecule has 0 fully saturated rings. The van der Waals surface area contributed by atoms with Gasteiger partial charge in [-0.3, -0.25) is 9.88 Å². The molecule has 0 radical (unpaired) electrons. The van der Waals surface area contributed by atoms with Crippen LogP contribution in [0, 0.1) is 6.92 Å². The van der Waals surface area contributed by atoms with Crippen LogP contribution < -0.4 is 5.32 Å². The zero-order valence-corrected chi connectivity index (χ0v) is 17.2. The van der Waals surface area contributed by atoms with E-state index in [0.717, 1.165) is 37.4 Å². The third-order valence-electron chi connectivity index (χ3n) is 4.94. The van der Waals surface area contributed by atoms with E-state index >= 15 is 0 Å². The lowest BCUT2D eigenvalue weighted by Crippen LogP contribution is -2.39. The van der Waals surface area contributed by atoms with Crippen LogP contribution in [-0.4, -0.2) is 47.0 Å². The molecular formula is C22H32N4O. The number of hydrogen-bond donors (Lipinski definition) is 1. The number of hydrogen-bond acceptors (Lipinski definition) is 3. The minimum absolute atomic E-state index is 0.0538. The van der Waals surface area contributed by atoms with Gasteiger partial charge in [0.2, 0.25) is 0 Å². The topological polar surface area (TPSA) is 48.5 Å². The Morgan fingerprint density at radius 1 is 1.19 bits per heavy atom. The number of pyridine rings is 1. The Morgan fingerprint density at radius 2 is 1.93 bits per heavy atom. The molecule has 0 saturated heterocycles. The number of aryl methyl sites for hydroxylation is 1. The smallest absolute Gasteiger partial charge is 0.321 e. The summed E-state index contributed by atoms with van der Waals surface area (Å²) in [5.41, 5.74) is 4.22. The predicted molar refractivity (Wildman–Crippen MR) is 112 cm³/mol. The van der Waals surface area contributed by atoms with Gasteiger partial charge in [-0.15, -0.1) is 0 Å². The van der Waals surface area contributed by atoms with Crippen molar-refractivity contribution in [2.75, 3.05) is 25.5 Å². The minimum atomic E-state index is -0.102. The third-order valence-corrected chi connectivity index (χ3v) is 4.94. The van der Waals surface area contributed by atoms with Crippen molar-refractivity contribution in [3.63, 3.8) is 0 Å². The maximum atomic E-state index is 12.6. The zero-order valence-electron chi connectivity index (χ0n) is 17.2. The molecule has 0 aliphatic carbocycles. The van der Waals surface area contributed by atoms with Crippen molar-refractivity contribution in [3.05, 3.63) is 59.4 Å². The van der Waals surface area contributed by atoms with E-state index in [1.807, 2.05) is 38.4 Å². The number of urea groups is 1. The second-order valence-electron chi connectivity index (χ2n) is 7.08. The van der Waals surface area contributed by atoms with Crippen LogP contribution in [0.5, 0.6) is 0 Å². The average molecular weight is 369 g/mol. The van der Waals surface area contributed by atoms with E-state index in [2.05, 4.69) is 54.2 Å². The molecule has 5 heteroatoms. The third kappa shape index (κ3) is 6.36. The van der Waals surface area contributed by atoms with Crippen LogP contribution >= 0.6 is 0 Å². The Bertz CT molecular complexity index is 743. The minimum Gasteiger partial charge on any atom is -0.324 e. The molecule has 5 nitrogen and oxygen atoms in total. The highest BCUT2D eigenvalue weighted by Crippen LogP contribution is 2.14. The monoisotopic (exact) mass is 368 g/mol. The first-order valence-corrected chi connectivity index (χ1v) is 9.69. The number of nitrogens with one attached hydrogen (secondary N) is 1. The Balaban J connectivity index is 1.97. The molecule has 2 aromatic rings. The van der Waals surface area contributed by atoms with Crippen molar-refractivity contribution < 1.29 is 4.79 Å². The largest absolute Gasteiger partial charge is 0.324 e. The lowest BCUT2D eigenvalue weighted by molar-refractivity contribution is 0.207. The maximum absolute atomic E-state index is 12.6. The number of aromatic nitrogens is 1. The first-order valence-electron chi connectivity index (χ1n) is 9.69. The molecule has 1 heterocycles. The molecule has 0 spiro atoms. The second kappa shape index (κ2) is 10.1. The predicted octanol–water partition coefficient (Wildman–Crippen LogP) is 4.33. The van der Waals surface area contributed by atoms with Gasteiger partial charge in [-0.2, -0.15) is 0 Å². The van der Waals surface area contributed by atoms with Gasteiger partial charge in [-0.25, -0.2) is 4.79 Å². The number of amides is 2. The molecule has 1 aromatic carbocycles. The summed E-state index contributed by atoms with van der Waals surface area (Å²) in [6.45, 7) is 11.3. The summed E-state index contributed by atoms with van der Waals surface area (Å²) < 4.78 is 0. The molecule has 0 bridgehead atoms. The van der Waals surface area contributed by atoms with Gasteiger partial charge < -0.3 is 10.2 Å². The van der Waals surface area contributed by atoms with E-state index in [-0.39, 0.29) is 12.1 Å². The van der Waals surface area contributed by atoms with Gasteiger partial charge >= 0.3 is 6.03 Å². The van der Waals surface area contributed by atoms with Crippen molar-refractivity contribution in [2.45, 2.75) is 46.7 Å². The number of rotatable bonds is 8. The lowest BCUT2D eigenvalue weighted by Gasteiger charge is -2.25. The molecule has 1 aromatic heterocycles. The quantitative estimate of drug-likeness (QED) is 0.754. The number of carbonyl (C=O) groups excluding carboxylic acids is 1. The highest BCUT2D eigenvalue weighted by Gasteiger charge is 2.17. The molecular weight excluding hydrogens is 336 g/mol. The summed E-state index contributed by atoms with van der Waals surface area (Å²) in [7, 11) is 1.83. The van der Waals surface area contributed by atoms with E-state index in [4.69, 9.17) is 0 Å². The van der Waals surface area contributed by atoms with Crippen LogP contribution in [0.15, 0.2) is 42.6 Å². The summed E-state index contributed by atoms with van der Waals surface area (Å²) >= 11 is 0. The fourth-order valence-electron chi connectivity index (χ4n) is 3.01. The van der Waals surface area contributed by atoms with Crippen molar-refractivity contribution >= 4 is 11.7 Å². The molecule has 2 rings (SSSR count). The molecule has 0 aliphatic heterocycles. The van der Waals surface area contributed by atoms with Crippen LogP contribution in [0.25, 0.3) is 0 Å². The van der Waals surface area contributed by atoms with Gasteiger partial charge in [0.05, 0.1) is 0 Å². The van der Waals surface area contributed by atoms with Gasteiger partial charge in [-0.05, 0) is 62.3 Å². The van der Waals surface area contributed by atoms with Crippen LogP contribution in [0.1, 0.15) is 37.6 Å². The van der Waals surface area contributed by atoms with Crippen LogP contribution in [0.3, 0.4) is 0 Å². The molecule has 27 heavy (non-hydrogen) atoms. The maximum Gasteiger partial charge on any atom is 0.321 e. The summed E-state index contributed by atoms with van der Waals surface area (Å²) in [6.07, 6.45) is 2.55. The number of benzene rings is 1. The molecule has 0 saturated carbocycles. The number of anilines is 1. The molecule has 1 N–H and O–H groups in total. The van der Waals surface area contributed by atoms with Crippen LogP contribution in [0.4, 0.5) is 10.5 Å². The summed E-state index contributed by atoms with van der Waals surface area (Å²) in [4.78, 5) is 21.1. The fraction of sp³-hybridized carbons (Fsp3) is 0.455. The van der Waals surface area contributed by atoms with Gasteiger partial charge in [0, 0.05) is 43.6 Å². The zero-order chi connectivity index (χ0) is 19.8. The van der Waals surface area contributed by atoms with Gasteiger partial charge in [0.25, 0.3) is 0 Å². The Morgan fingerprint density at radius 3 is 2.59 bits per heavy atom. The Hall–Kier alpha value is -2.40. The van der Waals surface area contributed by atoms with Crippen LogP contribution in [-0.2, 0) is 13.0 Å². The van der Waals surface area contributed by atoms with Gasteiger partial charge in [0.15, 0.2) is 0 Å². The fourth-order valence-corrected chi connectivity index (χ4v) is 3.01. The van der Waals surface area contributed by atoms with E-state index in [9.17, 15) is 4.79 Å². The van der Waals surface area contributed by atoms with Crippen molar-refractivity contribution in [2.24, 2.45) is 0 Å². The number of carbonyl (C=O) groups is 1. The summed E-state index contributed by atoms with van der Waals surface area (Å²) in [5.74, 6) is 0. The lowest BCUT2D eigenvalue weighted by atomic mass is 10.1. The van der Waals surface area contributed by atoms with Crippen molar-refractivity contribution in [1.82, 2.24) is 14.8 Å².